The second-order valence-corrected chi connectivity index (χ2v) is 8.04. The summed E-state index contributed by atoms with van der Waals surface area (Å²) in [6.45, 7) is 4.50. The highest BCUT2D eigenvalue weighted by atomic mass is 32.1. The van der Waals surface area contributed by atoms with Gasteiger partial charge in [0.25, 0.3) is 0 Å². The quantitative estimate of drug-likeness (QED) is 0.481. The first kappa shape index (κ1) is 17.6. The maximum atomic E-state index is 5.96. The molecule has 1 aliphatic rings. The van der Waals surface area contributed by atoms with Crippen molar-refractivity contribution < 1.29 is 4.74 Å². The zero-order valence-electron chi connectivity index (χ0n) is 15.3. The van der Waals surface area contributed by atoms with E-state index in [2.05, 4.69) is 58.8 Å². The van der Waals surface area contributed by atoms with Crippen LogP contribution in [0.3, 0.4) is 0 Å². The molecule has 1 aromatic heterocycles. The van der Waals surface area contributed by atoms with Crippen LogP contribution in [0.1, 0.15) is 32.1 Å². The predicted molar refractivity (Wildman–Crippen MR) is 112 cm³/mol. The summed E-state index contributed by atoms with van der Waals surface area (Å²) in [6, 6.07) is 17.2. The third-order valence-corrected chi connectivity index (χ3v) is 6.20. The summed E-state index contributed by atoms with van der Waals surface area (Å²) >= 11 is 1.81. The Morgan fingerprint density at radius 3 is 2.46 bits per heavy atom. The molecule has 26 heavy (non-hydrogen) atoms. The summed E-state index contributed by atoms with van der Waals surface area (Å²) in [5.74, 6) is 0.976. The number of fused-ring (bicyclic) bond motifs is 1. The highest BCUT2D eigenvalue weighted by molar-refractivity contribution is 7.17. The Morgan fingerprint density at radius 2 is 1.65 bits per heavy atom. The number of ether oxygens (including phenoxy) is 1. The van der Waals surface area contributed by atoms with Crippen LogP contribution in [0.2, 0.25) is 0 Å². The lowest BCUT2D eigenvalue weighted by Crippen LogP contribution is -2.26. The topological polar surface area (TPSA) is 12.5 Å². The first-order valence-corrected chi connectivity index (χ1v) is 10.7. The van der Waals surface area contributed by atoms with Gasteiger partial charge >= 0.3 is 0 Å². The third-order valence-electron chi connectivity index (χ3n) is 5.23. The number of rotatable bonds is 6. The standard InChI is InChI=1S/C23H27NOS/c1-2-6-15-24(14-5-1)16-7-17-25-20-12-10-19(11-13-20)22-18-26-23-9-4-3-8-21(22)23/h3-4,8-13,18H,1-2,5-7,14-17H2. The molecular formula is C23H27NOS. The van der Waals surface area contributed by atoms with Gasteiger partial charge in [-0.25, -0.2) is 0 Å². The Kier molecular flexibility index (Phi) is 5.88. The molecule has 4 rings (SSSR count). The van der Waals surface area contributed by atoms with Gasteiger partial charge in [-0.05, 0) is 61.5 Å². The average Bonchev–Trinajstić information content (AvgIpc) is 2.94. The third kappa shape index (κ3) is 4.28. The van der Waals surface area contributed by atoms with Gasteiger partial charge in [-0.2, -0.15) is 0 Å². The molecule has 0 bridgehead atoms. The molecule has 2 nitrogen and oxygen atoms in total. The highest BCUT2D eigenvalue weighted by Crippen LogP contribution is 2.34. The van der Waals surface area contributed by atoms with E-state index in [1.54, 1.807) is 0 Å². The summed E-state index contributed by atoms with van der Waals surface area (Å²) in [5.41, 5.74) is 2.58. The highest BCUT2D eigenvalue weighted by Gasteiger charge is 2.09. The lowest BCUT2D eigenvalue weighted by molar-refractivity contribution is 0.240. The van der Waals surface area contributed by atoms with Gasteiger partial charge in [0.05, 0.1) is 6.61 Å². The SMILES string of the molecule is c1ccc2c(-c3ccc(OCCCN4CCCCCC4)cc3)csc2c1. The van der Waals surface area contributed by atoms with Gasteiger partial charge in [0, 0.05) is 22.2 Å². The Morgan fingerprint density at radius 1 is 0.885 bits per heavy atom. The van der Waals surface area contributed by atoms with E-state index >= 15 is 0 Å². The maximum absolute atomic E-state index is 5.96. The van der Waals surface area contributed by atoms with E-state index in [0.29, 0.717) is 0 Å². The number of hydrogen-bond donors (Lipinski definition) is 0. The van der Waals surface area contributed by atoms with Crippen molar-refractivity contribution in [1.82, 2.24) is 4.90 Å². The van der Waals surface area contributed by atoms with E-state index in [0.717, 1.165) is 18.8 Å². The first-order chi connectivity index (χ1) is 12.9. The van der Waals surface area contributed by atoms with Crippen molar-refractivity contribution in [3.8, 4) is 16.9 Å². The summed E-state index contributed by atoms with van der Waals surface area (Å²) in [4.78, 5) is 2.60. The number of hydrogen-bond acceptors (Lipinski definition) is 3. The summed E-state index contributed by atoms with van der Waals surface area (Å²) < 4.78 is 7.31. The molecule has 0 aliphatic carbocycles. The van der Waals surface area contributed by atoms with Crippen LogP contribution in [0.5, 0.6) is 5.75 Å². The molecule has 0 N–H and O–H groups in total. The molecule has 0 radical (unpaired) electrons. The van der Waals surface area contributed by atoms with Gasteiger partial charge in [0.2, 0.25) is 0 Å². The van der Waals surface area contributed by atoms with Gasteiger partial charge in [-0.1, -0.05) is 43.2 Å². The lowest BCUT2D eigenvalue weighted by Gasteiger charge is -2.19. The summed E-state index contributed by atoms with van der Waals surface area (Å²) in [7, 11) is 0. The second kappa shape index (κ2) is 8.70. The minimum absolute atomic E-state index is 0.803. The fourth-order valence-corrected chi connectivity index (χ4v) is 4.74. The minimum atomic E-state index is 0.803. The molecule has 1 fully saturated rings. The summed E-state index contributed by atoms with van der Waals surface area (Å²) in [5, 5.41) is 3.59. The molecule has 0 spiro atoms. The van der Waals surface area contributed by atoms with E-state index in [-0.39, 0.29) is 0 Å². The lowest BCUT2D eigenvalue weighted by atomic mass is 10.0. The Balaban J connectivity index is 1.30. The van der Waals surface area contributed by atoms with Crippen LogP contribution >= 0.6 is 11.3 Å². The summed E-state index contributed by atoms with van der Waals surface area (Å²) in [6.07, 6.45) is 6.63. The molecule has 1 saturated heterocycles. The van der Waals surface area contributed by atoms with E-state index < -0.39 is 0 Å². The first-order valence-electron chi connectivity index (χ1n) is 9.82. The molecule has 136 valence electrons. The van der Waals surface area contributed by atoms with Crippen molar-refractivity contribution in [3.05, 3.63) is 53.9 Å². The van der Waals surface area contributed by atoms with Gasteiger partial charge < -0.3 is 9.64 Å². The molecule has 2 heterocycles. The number of benzene rings is 2. The number of nitrogens with zero attached hydrogens (tertiary/aromatic N) is 1. The normalized spacial score (nSPS) is 15.8. The molecule has 2 aromatic carbocycles. The van der Waals surface area contributed by atoms with Crippen LogP contribution in [0.25, 0.3) is 21.2 Å². The Bertz CT molecular complexity index is 816. The number of likely N-dealkylation sites (tertiary alicyclic amines) is 1. The van der Waals surface area contributed by atoms with Crippen LogP contribution in [0, 0.1) is 0 Å². The van der Waals surface area contributed by atoms with Crippen molar-refractivity contribution in [1.29, 1.82) is 0 Å². The van der Waals surface area contributed by atoms with Gasteiger partial charge in [-0.3, -0.25) is 0 Å². The average molecular weight is 366 g/mol. The van der Waals surface area contributed by atoms with E-state index in [1.165, 1.54) is 66.5 Å². The molecule has 0 saturated carbocycles. The zero-order chi connectivity index (χ0) is 17.6. The minimum Gasteiger partial charge on any atom is -0.494 e. The molecule has 1 aliphatic heterocycles. The largest absolute Gasteiger partial charge is 0.494 e. The van der Waals surface area contributed by atoms with Gasteiger partial charge in [0.15, 0.2) is 0 Å². The Hall–Kier alpha value is -1.84. The van der Waals surface area contributed by atoms with Gasteiger partial charge in [0.1, 0.15) is 5.75 Å². The Labute approximate surface area is 160 Å². The van der Waals surface area contributed by atoms with Crippen molar-refractivity contribution in [2.75, 3.05) is 26.2 Å². The molecule has 3 heteroatoms. The molecule has 3 aromatic rings. The van der Waals surface area contributed by atoms with Crippen molar-refractivity contribution in [2.24, 2.45) is 0 Å². The monoisotopic (exact) mass is 365 g/mol. The van der Waals surface area contributed by atoms with Crippen LogP contribution in [0.15, 0.2) is 53.9 Å². The van der Waals surface area contributed by atoms with Crippen LogP contribution < -0.4 is 4.74 Å². The zero-order valence-corrected chi connectivity index (χ0v) is 16.1. The van der Waals surface area contributed by atoms with E-state index in [9.17, 15) is 0 Å². The fourth-order valence-electron chi connectivity index (χ4n) is 3.77. The van der Waals surface area contributed by atoms with E-state index in [4.69, 9.17) is 4.74 Å². The van der Waals surface area contributed by atoms with Crippen molar-refractivity contribution in [2.45, 2.75) is 32.1 Å². The van der Waals surface area contributed by atoms with Gasteiger partial charge in [-0.15, -0.1) is 11.3 Å². The smallest absolute Gasteiger partial charge is 0.119 e. The maximum Gasteiger partial charge on any atom is 0.119 e. The molecule has 0 amide bonds. The fraction of sp³-hybridized carbons (Fsp3) is 0.391. The molecule has 0 unspecified atom stereocenters. The number of thiophene rings is 1. The van der Waals surface area contributed by atoms with Crippen molar-refractivity contribution >= 4 is 21.4 Å². The molecular weight excluding hydrogens is 338 g/mol. The molecule has 0 atom stereocenters. The van der Waals surface area contributed by atoms with Crippen LogP contribution in [0.4, 0.5) is 0 Å². The van der Waals surface area contributed by atoms with Crippen LogP contribution in [-0.4, -0.2) is 31.1 Å². The van der Waals surface area contributed by atoms with Crippen molar-refractivity contribution in [3.63, 3.8) is 0 Å². The second-order valence-electron chi connectivity index (χ2n) is 7.13. The van der Waals surface area contributed by atoms with Crippen LogP contribution in [-0.2, 0) is 0 Å². The van der Waals surface area contributed by atoms with E-state index in [1.807, 2.05) is 11.3 Å². The predicted octanol–water partition coefficient (Wildman–Crippen LogP) is 6.21.